The Morgan fingerprint density at radius 3 is 2.83 bits per heavy atom. The van der Waals surface area contributed by atoms with E-state index in [9.17, 15) is 0 Å². The monoisotopic (exact) mass is 319 g/mol. The summed E-state index contributed by atoms with van der Waals surface area (Å²) < 4.78 is 1.98. The fourth-order valence-corrected chi connectivity index (χ4v) is 3.44. The zero-order valence-electron chi connectivity index (χ0n) is 13.8. The van der Waals surface area contributed by atoms with E-state index in [0.29, 0.717) is 6.04 Å². The lowest BCUT2D eigenvalue weighted by molar-refractivity contribution is 0.244. The molecule has 0 aliphatic carbocycles. The molecule has 122 valence electrons. The summed E-state index contributed by atoms with van der Waals surface area (Å²) in [7, 11) is 0. The van der Waals surface area contributed by atoms with Crippen molar-refractivity contribution in [2.24, 2.45) is 0 Å². The van der Waals surface area contributed by atoms with Crippen LogP contribution in [-0.2, 0) is 6.54 Å². The molecule has 4 rings (SSSR count). The Balaban J connectivity index is 1.59. The Bertz CT molecular complexity index is 811. The average Bonchev–Trinajstić information content (AvgIpc) is 3.25. The van der Waals surface area contributed by atoms with Gasteiger partial charge in [0.2, 0.25) is 0 Å². The molecule has 0 unspecified atom stereocenters. The highest BCUT2D eigenvalue weighted by molar-refractivity contribution is 5.24. The van der Waals surface area contributed by atoms with Gasteiger partial charge in [0.25, 0.3) is 0 Å². The summed E-state index contributed by atoms with van der Waals surface area (Å²) in [4.78, 5) is 16.1. The molecule has 1 saturated heterocycles. The van der Waals surface area contributed by atoms with Gasteiger partial charge in [0.15, 0.2) is 5.82 Å². The predicted molar refractivity (Wildman–Crippen MR) is 92.7 cm³/mol. The maximum atomic E-state index is 4.87. The van der Waals surface area contributed by atoms with Crippen molar-refractivity contribution in [1.82, 2.24) is 24.4 Å². The second-order valence-electron chi connectivity index (χ2n) is 6.26. The van der Waals surface area contributed by atoms with Gasteiger partial charge in [-0.1, -0.05) is 30.3 Å². The van der Waals surface area contributed by atoms with Gasteiger partial charge in [-0.15, -0.1) is 0 Å². The van der Waals surface area contributed by atoms with Crippen molar-refractivity contribution in [3.05, 3.63) is 72.2 Å². The van der Waals surface area contributed by atoms with Gasteiger partial charge in [0.05, 0.1) is 24.1 Å². The molecule has 0 spiro atoms. The largest absolute Gasteiger partial charge is 0.290 e. The Morgan fingerprint density at radius 2 is 2.04 bits per heavy atom. The SMILES string of the molecule is Cc1nccn1-c1cncc([C@@H]2CCCN2Cc2ccccc2)n1. The first-order valence-electron chi connectivity index (χ1n) is 8.41. The fraction of sp³-hybridized carbons (Fsp3) is 0.316. The number of hydrogen-bond donors (Lipinski definition) is 0. The van der Waals surface area contributed by atoms with E-state index in [1.54, 1.807) is 12.4 Å². The van der Waals surface area contributed by atoms with Crippen LogP contribution < -0.4 is 0 Å². The molecule has 0 N–H and O–H groups in total. The summed E-state index contributed by atoms with van der Waals surface area (Å²) in [5.41, 5.74) is 2.40. The van der Waals surface area contributed by atoms with Crippen molar-refractivity contribution < 1.29 is 0 Å². The first-order chi connectivity index (χ1) is 11.8. The highest BCUT2D eigenvalue weighted by atomic mass is 15.2. The van der Waals surface area contributed by atoms with Gasteiger partial charge in [-0.3, -0.25) is 14.5 Å². The molecular formula is C19H21N5. The molecule has 1 aliphatic rings. The molecule has 1 aliphatic heterocycles. The summed E-state index contributed by atoms with van der Waals surface area (Å²) in [5.74, 6) is 1.77. The molecule has 0 saturated carbocycles. The van der Waals surface area contributed by atoms with Crippen LogP contribution in [-0.4, -0.2) is 31.0 Å². The Kier molecular flexibility index (Phi) is 4.09. The lowest BCUT2D eigenvalue weighted by atomic mass is 10.1. The van der Waals surface area contributed by atoms with Crippen molar-refractivity contribution in [3.8, 4) is 5.82 Å². The fourth-order valence-electron chi connectivity index (χ4n) is 3.44. The number of likely N-dealkylation sites (tertiary alicyclic amines) is 1. The lowest BCUT2D eigenvalue weighted by Gasteiger charge is -2.24. The van der Waals surface area contributed by atoms with Crippen molar-refractivity contribution in [2.75, 3.05) is 6.54 Å². The van der Waals surface area contributed by atoms with Crippen molar-refractivity contribution in [3.63, 3.8) is 0 Å². The van der Waals surface area contributed by atoms with Crippen molar-refractivity contribution >= 4 is 0 Å². The van der Waals surface area contributed by atoms with Crippen LogP contribution in [0.3, 0.4) is 0 Å². The highest BCUT2D eigenvalue weighted by Gasteiger charge is 2.27. The maximum Gasteiger partial charge on any atom is 0.156 e. The number of hydrogen-bond acceptors (Lipinski definition) is 4. The number of aryl methyl sites for hydroxylation is 1. The number of imidazole rings is 1. The van der Waals surface area contributed by atoms with Gasteiger partial charge in [-0.2, -0.15) is 0 Å². The van der Waals surface area contributed by atoms with Gasteiger partial charge >= 0.3 is 0 Å². The van der Waals surface area contributed by atoms with Crippen LogP contribution in [0.1, 0.15) is 36.0 Å². The second kappa shape index (κ2) is 6.53. The van der Waals surface area contributed by atoms with Crippen molar-refractivity contribution in [2.45, 2.75) is 32.4 Å². The van der Waals surface area contributed by atoms with Gasteiger partial charge in [-0.05, 0) is 31.9 Å². The molecule has 1 aromatic carbocycles. The van der Waals surface area contributed by atoms with E-state index in [1.165, 1.54) is 12.0 Å². The normalized spacial score (nSPS) is 18.1. The van der Waals surface area contributed by atoms with Crippen LogP contribution in [0.2, 0.25) is 0 Å². The summed E-state index contributed by atoms with van der Waals surface area (Å²) in [6.07, 6.45) is 9.76. The molecule has 0 radical (unpaired) electrons. The van der Waals surface area contributed by atoms with Crippen LogP contribution in [0.25, 0.3) is 5.82 Å². The molecule has 5 nitrogen and oxygen atoms in total. The summed E-state index contributed by atoms with van der Waals surface area (Å²) in [6, 6.07) is 11.0. The number of aromatic nitrogens is 4. The quantitative estimate of drug-likeness (QED) is 0.740. The number of benzene rings is 1. The first kappa shape index (κ1) is 15.0. The lowest BCUT2D eigenvalue weighted by Crippen LogP contribution is -2.24. The molecule has 3 aromatic rings. The third-order valence-corrected chi connectivity index (χ3v) is 4.65. The molecule has 1 fully saturated rings. The average molecular weight is 319 g/mol. The topological polar surface area (TPSA) is 46.8 Å². The Hall–Kier alpha value is -2.53. The molecule has 0 amide bonds. The third kappa shape index (κ3) is 2.95. The number of rotatable bonds is 4. The van der Waals surface area contributed by atoms with Crippen LogP contribution in [0, 0.1) is 6.92 Å². The Labute approximate surface area is 142 Å². The van der Waals surface area contributed by atoms with Crippen LogP contribution >= 0.6 is 0 Å². The minimum atomic E-state index is 0.335. The second-order valence-corrected chi connectivity index (χ2v) is 6.26. The van der Waals surface area contributed by atoms with E-state index >= 15 is 0 Å². The summed E-state index contributed by atoms with van der Waals surface area (Å²) in [5, 5.41) is 0. The molecule has 3 heterocycles. The van der Waals surface area contributed by atoms with E-state index in [1.807, 2.05) is 23.9 Å². The van der Waals surface area contributed by atoms with E-state index < -0.39 is 0 Å². The molecule has 1 atom stereocenters. The third-order valence-electron chi connectivity index (χ3n) is 4.65. The highest BCUT2D eigenvalue weighted by Crippen LogP contribution is 2.32. The van der Waals surface area contributed by atoms with Gasteiger partial charge in [0.1, 0.15) is 5.82 Å². The molecule has 2 aromatic heterocycles. The van der Waals surface area contributed by atoms with E-state index in [4.69, 9.17) is 4.98 Å². The zero-order chi connectivity index (χ0) is 16.4. The minimum Gasteiger partial charge on any atom is -0.290 e. The van der Waals surface area contributed by atoms with E-state index in [0.717, 1.165) is 36.8 Å². The molecule has 24 heavy (non-hydrogen) atoms. The smallest absolute Gasteiger partial charge is 0.156 e. The van der Waals surface area contributed by atoms with Gasteiger partial charge in [-0.25, -0.2) is 9.97 Å². The summed E-state index contributed by atoms with van der Waals surface area (Å²) >= 11 is 0. The first-order valence-corrected chi connectivity index (χ1v) is 8.41. The van der Waals surface area contributed by atoms with Crippen molar-refractivity contribution in [1.29, 1.82) is 0 Å². The number of nitrogens with zero attached hydrogens (tertiary/aromatic N) is 5. The minimum absolute atomic E-state index is 0.335. The van der Waals surface area contributed by atoms with E-state index in [2.05, 4.69) is 45.2 Å². The molecular weight excluding hydrogens is 298 g/mol. The maximum absolute atomic E-state index is 4.87. The van der Waals surface area contributed by atoms with Crippen LogP contribution in [0.4, 0.5) is 0 Å². The molecule has 5 heteroatoms. The van der Waals surface area contributed by atoms with E-state index in [-0.39, 0.29) is 0 Å². The van der Waals surface area contributed by atoms with Gasteiger partial charge in [0, 0.05) is 18.9 Å². The zero-order valence-corrected chi connectivity index (χ0v) is 13.8. The summed E-state index contributed by atoms with van der Waals surface area (Å²) in [6.45, 7) is 4.04. The van der Waals surface area contributed by atoms with Crippen LogP contribution in [0.15, 0.2) is 55.1 Å². The Morgan fingerprint density at radius 1 is 1.17 bits per heavy atom. The van der Waals surface area contributed by atoms with Gasteiger partial charge < -0.3 is 0 Å². The standard InChI is InChI=1S/C19H21N5/c1-15-21-9-11-24(15)19-13-20-12-17(22-19)18-8-5-10-23(18)14-16-6-3-2-4-7-16/h2-4,6-7,9,11-13,18H,5,8,10,14H2,1H3/t18-/m0/s1. The van der Waals surface area contributed by atoms with Crippen LogP contribution in [0.5, 0.6) is 0 Å². The predicted octanol–water partition coefficient (Wildman–Crippen LogP) is 3.31. The molecule has 0 bridgehead atoms.